The second-order valence-electron chi connectivity index (χ2n) is 3.26. The van der Waals surface area contributed by atoms with E-state index < -0.39 is 0 Å². The molecule has 0 bridgehead atoms. The van der Waals surface area contributed by atoms with Crippen LogP contribution in [0.25, 0.3) is 0 Å². The number of hydrogen-bond acceptors (Lipinski definition) is 2. The van der Waals surface area contributed by atoms with Gasteiger partial charge in [0.25, 0.3) is 0 Å². The molecule has 0 saturated heterocycles. The van der Waals surface area contributed by atoms with Gasteiger partial charge in [0.15, 0.2) is 6.33 Å². The van der Waals surface area contributed by atoms with Crippen LogP contribution in [0.4, 0.5) is 0 Å². The zero-order valence-corrected chi connectivity index (χ0v) is 8.14. The highest BCUT2D eigenvalue weighted by Crippen LogP contribution is 2.07. The number of aryl methyl sites for hydroxylation is 3. The SMILES string of the molecule is Cc1ccccc1CCn1[c]ncn1. The van der Waals surface area contributed by atoms with Crippen molar-refractivity contribution in [3.05, 3.63) is 48.0 Å². The average molecular weight is 186 g/mol. The van der Waals surface area contributed by atoms with Crippen LogP contribution in [0.2, 0.25) is 0 Å². The summed E-state index contributed by atoms with van der Waals surface area (Å²) in [4.78, 5) is 3.78. The van der Waals surface area contributed by atoms with Crippen molar-refractivity contribution in [1.29, 1.82) is 0 Å². The lowest BCUT2D eigenvalue weighted by molar-refractivity contribution is 0.607. The van der Waals surface area contributed by atoms with E-state index in [9.17, 15) is 0 Å². The van der Waals surface area contributed by atoms with Gasteiger partial charge in [0, 0.05) is 6.54 Å². The van der Waals surface area contributed by atoms with Crippen LogP contribution in [-0.2, 0) is 13.0 Å². The van der Waals surface area contributed by atoms with Crippen molar-refractivity contribution in [2.75, 3.05) is 0 Å². The molecule has 2 aromatic rings. The largest absolute Gasteiger partial charge is 0.243 e. The molecule has 3 heteroatoms. The van der Waals surface area contributed by atoms with Crippen LogP contribution in [-0.4, -0.2) is 14.8 Å². The van der Waals surface area contributed by atoms with Crippen LogP contribution in [0, 0.1) is 13.3 Å². The highest BCUT2D eigenvalue weighted by atomic mass is 15.3. The topological polar surface area (TPSA) is 30.7 Å². The second kappa shape index (κ2) is 4.05. The van der Waals surface area contributed by atoms with Gasteiger partial charge < -0.3 is 0 Å². The van der Waals surface area contributed by atoms with E-state index in [4.69, 9.17) is 0 Å². The lowest BCUT2D eigenvalue weighted by Crippen LogP contribution is -2.02. The summed E-state index contributed by atoms with van der Waals surface area (Å²) in [7, 11) is 0. The van der Waals surface area contributed by atoms with Gasteiger partial charge in [0.1, 0.15) is 6.33 Å². The lowest BCUT2D eigenvalue weighted by atomic mass is 10.1. The number of benzene rings is 1. The summed E-state index contributed by atoms with van der Waals surface area (Å²) in [5.41, 5.74) is 2.68. The molecule has 0 spiro atoms. The monoisotopic (exact) mass is 186 g/mol. The van der Waals surface area contributed by atoms with Crippen LogP contribution in [0.1, 0.15) is 11.1 Å². The first-order valence-electron chi connectivity index (χ1n) is 4.66. The van der Waals surface area contributed by atoms with Crippen LogP contribution < -0.4 is 0 Å². The number of rotatable bonds is 3. The fraction of sp³-hybridized carbons (Fsp3) is 0.273. The second-order valence-corrected chi connectivity index (χ2v) is 3.26. The Labute approximate surface area is 83.4 Å². The van der Waals surface area contributed by atoms with Crippen molar-refractivity contribution < 1.29 is 0 Å². The molecular weight excluding hydrogens is 174 g/mol. The number of nitrogens with zero attached hydrogens (tertiary/aromatic N) is 3. The molecule has 14 heavy (non-hydrogen) atoms. The molecule has 0 N–H and O–H groups in total. The number of hydrogen-bond donors (Lipinski definition) is 0. The van der Waals surface area contributed by atoms with Gasteiger partial charge in [0.05, 0.1) is 0 Å². The molecule has 0 aliphatic rings. The Kier molecular flexibility index (Phi) is 2.58. The molecule has 3 nitrogen and oxygen atoms in total. The minimum atomic E-state index is 0.838. The molecule has 0 unspecified atom stereocenters. The van der Waals surface area contributed by atoms with Gasteiger partial charge in [0.2, 0.25) is 0 Å². The van der Waals surface area contributed by atoms with Gasteiger partial charge in [-0.1, -0.05) is 24.3 Å². The van der Waals surface area contributed by atoms with E-state index >= 15 is 0 Å². The standard InChI is InChI=1S/C11H12N3/c1-10-4-2-3-5-11(10)6-7-14-9-12-8-13-14/h2-5,8H,6-7H2,1H3. The first-order chi connectivity index (χ1) is 6.86. The third kappa shape index (κ3) is 1.99. The van der Waals surface area contributed by atoms with E-state index in [1.54, 1.807) is 4.68 Å². The quantitative estimate of drug-likeness (QED) is 0.729. The van der Waals surface area contributed by atoms with Crippen LogP contribution in [0.15, 0.2) is 30.6 Å². The lowest BCUT2D eigenvalue weighted by Gasteiger charge is -2.04. The van der Waals surface area contributed by atoms with Crippen molar-refractivity contribution in [3.8, 4) is 0 Å². The van der Waals surface area contributed by atoms with Crippen LogP contribution in [0.5, 0.6) is 0 Å². The third-order valence-electron chi connectivity index (χ3n) is 2.28. The Bertz CT molecular complexity index is 393. The fourth-order valence-electron chi connectivity index (χ4n) is 1.43. The maximum atomic E-state index is 4.01. The number of aromatic nitrogens is 3. The Balaban J connectivity index is 2.02. The Morgan fingerprint density at radius 1 is 1.36 bits per heavy atom. The molecule has 71 valence electrons. The minimum absolute atomic E-state index is 0.838. The maximum Gasteiger partial charge on any atom is 0.196 e. The van der Waals surface area contributed by atoms with Crippen molar-refractivity contribution in [1.82, 2.24) is 14.8 Å². The molecule has 0 aliphatic carbocycles. The van der Waals surface area contributed by atoms with Gasteiger partial charge in [-0.3, -0.25) is 0 Å². The van der Waals surface area contributed by atoms with E-state index in [2.05, 4.69) is 47.6 Å². The summed E-state index contributed by atoms with van der Waals surface area (Å²) in [6.07, 6.45) is 5.27. The molecule has 1 radical (unpaired) electrons. The molecule has 0 atom stereocenters. The fourth-order valence-corrected chi connectivity index (χ4v) is 1.43. The Morgan fingerprint density at radius 3 is 2.93 bits per heavy atom. The summed E-state index contributed by atoms with van der Waals surface area (Å²) < 4.78 is 1.73. The summed E-state index contributed by atoms with van der Waals surface area (Å²) in [5, 5.41) is 4.01. The third-order valence-corrected chi connectivity index (χ3v) is 2.28. The highest BCUT2D eigenvalue weighted by molar-refractivity contribution is 5.25. The van der Waals surface area contributed by atoms with Gasteiger partial charge in [-0.2, -0.15) is 5.10 Å². The summed E-state index contributed by atoms with van der Waals surface area (Å²) >= 11 is 0. The summed E-state index contributed by atoms with van der Waals surface area (Å²) in [6.45, 7) is 2.96. The molecule has 2 rings (SSSR count). The van der Waals surface area contributed by atoms with Gasteiger partial charge >= 0.3 is 0 Å². The minimum Gasteiger partial charge on any atom is -0.243 e. The zero-order chi connectivity index (χ0) is 9.80. The van der Waals surface area contributed by atoms with Crippen molar-refractivity contribution in [3.63, 3.8) is 0 Å². The molecule has 1 aromatic carbocycles. The van der Waals surface area contributed by atoms with Crippen LogP contribution in [0.3, 0.4) is 0 Å². The Morgan fingerprint density at radius 2 is 2.21 bits per heavy atom. The predicted molar refractivity (Wildman–Crippen MR) is 53.7 cm³/mol. The average Bonchev–Trinajstić information content (AvgIpc) is 2.69. The van der Waals surface area contributed by atoms with E-state index in [-0.39, 0.29) is 0 Å². The first kappa shape index (κ1) is 8.94. The smallest absolute Gasteiger partial charge is 0.196 e. The van der Waals surface area contributed by atoms with Gasteiger partial charge in [-0.05, 0) is 24.5 Å². The van der Waals surface area contributed by atoms with Crippen molar-refractivity contribution in [2.45, 2.75) is 19.9 Å². The predicted octanol–water partition coefficient (Wildman–Crippen LogP) is 1.63. The van der Waals surface area contributed by atoms with Gasteiger partial charge in [-0.15, -0.1) is 0 Å². The zero-order valence-electron chi connectivity index (χ0n) is 8.14. The van der Waals surface area contributed by atoms with Gasteiger partial charge in [-0.25, -0.2) is 9.67 Å². The van der Waals surface area contributed by atoms with E-state index in [1.807, 2.05) is 0 Å². The molecule has 0 fully saturated rings. The summed E-state index contributed by atoms with van der Waals surface area (Å²) in [6, 6.07) is 8.39. The highest BCUT2D eigenvalue weighted by Gasteiger charge is 1.97. The van der Waals surface area contributed by atoms with Crippen LogP contribution >= 0.6 is 0 Å². The van der Waals surface area contributed by atoms with Crippen molar-refractivity contribution in [2.24, 2.45) is 0 Å². The van der Waals surface area contributed by atoms with Crippen molar-refractivity contribution >= 4 is 0 Å². The van der Waals surface area contributed by atoms with E-state index in [1.165, 1.54) is 17.5 Å². The molecule has 1 aromatic heterocycles. The molecule has 1 heterocycles. The molecule has 0 saturated carbocycles. The maximum absolute atomic E-state index is 4.01. The Hall–Kier alpha value is -1.64. The molecule has 0 amide bonds. The molecule has 0 aliphatic heterocycles. The van der Waals surface area contributed by atoms with E-state index in [0.29, 0.717) is 0 Å². The first-order valence-corrected chi connectivity index (χ1v) is 4.66. The van der Waals surface area contributed by atoms with E-state index in [0.717, 1.165) is 13.0 Å². The summed E-state index contributed by atoms with van der Waals surface area (Å²) in [5.74, 6) is 0. The normalized spacial score (nSPS) is 10.4. The molecular formula is C11H12N3.